The molecule has 0 aliphatic carbocycles. The van der Waals surface area contributed by atoms with Gasteiger partial charge in [0.15, 0.2) is 0 Å². The monoisotopic (exact) mass is 251 g/mol. The van der Waals surface area contributed by atoms with Crippen LogP contribution in [0.15, 0.2) is 24.3 Å². The van der Waals surface area contributed by atoms with Crippen LogP contribution < -0.4 is 0 Å². The van der Waals surface area contributed by atoms with Crippen molar-refractivity contribution in [3.8, 4) is 0 Å². The van der Waals surface area contributed by atoms with Gasteiger partial charge in [-0.15, -0.1) is 0 Å². The molecule has 0 spiro atoms. The van der Waals surface area contributed by atoms with Crippen molar-refractivity contribution in [3.63, 3.8) is 0 Å². The van der Waals surface area contributed by atoms with Crippen LogP contribution in [0.3, 0.4) is 0 Å². The zero-order chi connectivity index (χ0) is 13.1. The maximum atomic E-state index is 12.8. The second-order valence-corrected chi connectivity index (χ2v) is 4.78. The zero-order valence-corrected chi connectivity index (χ0v) is 10.5. The summed E-state index contributed by atoms with van der Waals surface area (Å²) >= 11 is 0. The lowest BCUT2D eigenvalue weighted by Gasteiger charge is -2.35. The molecule has 2 unspecified atom stereocenters. The molecule has 1 aliphatic rings. The Kier molecular flexibility index (Phi) is 3.97. The molecule has 4 heteroatoms. The molecule has 1 aliphatic heterocycles. The van der Waals surface area contributed by atoms with E-state index in [0.717, 1.165) is 6.42 Å². The molecule has 1 saturated heterocycles. The first kappa shape index (κ1) is 13.0. The van der Waals surface area contributed by atoms with Crippen LogP contribution >= 0.6 is 0 Å². The van der Waals surface area contributed by atoms with Crippen molar-refractivity contribution < 1.29 is 14.3 Å². The number of carbonyl (C=O) groups is 1. The predicted molar refractivity (Wildman–Crippen MR) is 66.7 cm³/mol. The smallest absolute Gasteiger partial charge is 0.253 e. The highest BCUT2D eigenvalue weighted by atomic mass is 19.1. The van der Waals surface area contributed by atoms with Gasteiger partial charge in [-0.05, 0) is 37.1 Å². The number of amides is 1. The van der Waals surface area contributed by atoms with Crippen molar-refractivity contribution >= 4 is 5.91 Å². The molecule has 0 radical (unpaired) electrons. The van der Waals surface area contributed by atoms with E-state index in [1.54, 1.807) is 4.90 Å². The molecule has 1 N–H and O–H groups in total. The zero-order valence-electron chi connectivity index (χ0n) is 10.5. The quantitative estimate of drug-likeness (QED) is 0.874. The SMILES string of the molecule is CCC1CN(C(=O)c2ccc(F)cc2)CCC1O. The van der Waals surface area contributed by atoms with Crippen molar-refractivity contribution in [2.45, 2.75) is 25.9 Å². The summed E-state index contributed by atoms with van der Waals surface area (Å²) < 4.78 is 12.8. The Morgan fingerprint density at radius 3 is 2.72 bits per heavy atom. The van der Waals surface area contributed by atoms with Crippen LogP contribution in [0.5, 0.6) is 0 Å². The van der Waals surface area contributed by atoms with Crippen LogP contribution in [-0.2, 0) is 0 Å². The van der Waals surface area contributed by atoms with Crippen molar-refractivity contribution in [1.82, 2.24) is 4.90 Å². The standard InChI is InChI=1S/C14H18FNO2/c1-2-10-9-16(8-7-13(10)17)14(18)11-3-5-12(15)6-4-11/h3-6,10,13,17H,2,7-9H2,1H3. The Balaban J connectivity index is 2.07. The number of rotatable bonds is 2. The normalized spacial score (nSPS) is 24.1. The minimum Gasteiger partial charge on any atom is -0.393 e. The van der Waals surface area contributed by atoms with Crippen molar-refractivity contribution in [3.05, 3.63) is 35.6 Å². The Hall–Kier alpha value is -1.42. The van der Waals surface area contributed by atoms with E-state index in [1.807, 2.05) is 6.92 Å². The van der Waals surface area contributed by atoms with E-state index in [4.69, 9.17) is 0 Å². The molecule has 1 aromatic carbocycles. The van der Waals surface area contributed by atoms with Crippen LogP contribution in [0.4, 0.5) is 4.39 Å². The number of halogens is 1. The van der Waals surface area contributed by atoms with Gasteiger partial charge in [0.2, 0.25) is 0 Å². The third-order valence-electron chi connectivity index (χ3n) is 3.60. The summed E-state index contributed by atoms with van der Waals surface area (Å²) in [6, 6.07) is 5.60. The fourth-order valence-electron chi connectivity index (χ4n) is 2.38. The van der Waals surface area contributed by atoms with E-state index in [0.29, 0.717) is 25.1 Å². The number of hydrogen-bond donors (Lipinski definition) is 1. The maximum absolute atomic E-state index is 12.8. The highest BCUT2D eigenvalue weighted by molar-refractivity contribution is 5.94. The average molecular weight is 251 g/mol. The summed E-state index contributed by atoms with van der Waals surface area (Å²) in [6.07, 6.45) is 1.16. The summed E-state index contributed by atoms with van der Waals surface area (Å²) in [4.78, 5) is 13.9. The summed E-state index contributed by atoms with van der Waals surface area (Å²) in [5.74, 6) is -0.282. The van der Waals surface area contributed by atoms with Gasteiger partial charge < -0.3 is 10.0 Å². The number of hydrogen-bond acceptors (Lipinski definition) is 2. The first-order valence-electron chi connectivity index (χ1n) is 6.34. The third-order valence-corrected chi connectivity index (χ3v) is 3.60. The number of aliphatic hydroxyl groups is 1. The van der Waals surface area contributed by atoms with E-state index >= 15 is 0 Å². The van der Waals surface area contributed by atoms with Gasteiger partial charge in [-0.1, -0.05) is 6.92 Å². The molecule has 1 amide bonds. The first-order chi connectivity index (χ1) is 8.61. The lowest BCUT2D eigenvalue weighted by atomic mass is 9.92. The number of likely N-dealkylation sites (tertiary alicyclic amines) is 1. The van der Waals surface area contributed by atoms with Gasteiger partial charge in [0.25, 0.3) is 5.91 Å². The molecule has 1 heterocycles. The maximum Gasteiger partial charge on any atom is 0.253 e. The minimum atomic E-state index is -0.341. The Labute approximate surface area is 106 Å². The highest BCUT2D eigenvalue weighted by Gasteiger charge is 2.29. The van der Waals surface area contributed by atoms with E-state index < -0.39 is 0 Å². The van der Waals surface area contributed by atoms with Gasteiger partial charge in [0, 0.05) is 24.6 Å². The largest absolute Gasteiger partial charge is 0.393 e. The summed E-state index contributed by atoms with van der Waals surface area (Å²) in [5.41, 5.74) is 0.502. The van der Waals surface area contributed by atoms with Gasteiger partial charge in [-0.25, -0.2) is 4.39 Å². The molecule has 1 fully saturated rings. The van der Waals surface area contributed by atoms with Gasteiger partial charge in [0.1, 0.15) is 5.82 Å². The Morgan fingerprint density at radius 1 is 1.44 bits per heavy atom. The molecule has 2 rings (SSSR count). The lowest BCUT2D eigenvalue weighted by Crippen LogP contribution is -2.45. The minimum absolute atomic E-state index is 0.0830. The predicted octanol–water partition coefficient (Wildman–Crippen LogP) is 2.06. The lowest BCUT2D eigenvalue weighted by molar-refractivity contribution is 0.0229. The Bertz CT molecular complexity index is 418. The number of nitrogens with zero attached hydrogens (tertiary/aromatic N) is 1. The van der Waals surface area contributed by atoms with Gasteiger partial charge >= 0.3 is 0 Å². The average Bonchev–Trinajstić information content (AvgIpc) is 2.39. The van der Waals surface area contributed by atoms with E-state index in [9.17, 15) is 14.3 Å². The summed E-state index contributed by atoms with van der Waals surface area (Å²) in [7, 11) is 0. The van der Waals surface area contributed by atoms with Crippen molar-refractivity contribution in [2.75, 3.05) is 13.1 Å². The van der Waals surface area contributed by atoms with Gasteiger partial charge in [-0.2, -0.15) is 0 Å². The fraction of sp³-hybridized carbons (Fsp3) is 0.500. The van der Waals surface area contributed by atoms with Crippen molar-refractivity contribution in [1.29, 1.82) is 0 Å². The van der Waals surface area contributed by atoms with Crippen LogP contribution in [0.25, 0.3) is 0 Å². The summed E-state index contributed by atoms with van der Waals surface area (Å²) in [6.45, 7) is 3.15. The van der Waals surface area contributed by atoms with Crippen LogP contribution in [0.2, 0.25) is 0 Å². The highest BCUT2D eigenvalue weighted by Crippen LogP contribution is 2.21. The fourth-order valence-corrected chi connectivity index (χ4v) is 2.38. The molecule has 1 aromatic rings. The third kappa shape index (κ3) is 2.70. The van der Waals surface area contributed by atoms with Crippen LogP contribution in [-0.4, -0.2) is 35.1 Å². The molecular weight excluding hydrogens is 233 g/mol. The molecule has 0 aromatic heterocycles. The van der Waals surface area contributed by atoms with Crippen LogP contribution in [0.1, 0.15) is 30.1 Å². The topological polar surface area (TPSA) is 40.5 Å². The number of aliphatic hydroxyl groups excluding tert-OH is 1. The first-order valence-corrected chi connectivity index (χ1v) is 6.34. The van der Waals surface area contributed by atoms with Crippen molar-refractivity contribution in [2.24, 2.45) is 5.92 Å². The number of benzene rings is 1. The second-order valence-electron chi connectivity index (χ2n) is 4.78. The van der Waals surface area contributed by atoms with E-state index in [1.165, 1.54) is 24.3 Å². The molecule has 98 valence electrons. The molecule has 2 atom stereocenters. The number of carbonyl (C=O) groups excluding carboxylic acids is 1. The summed E-state index contributed by atoms with van der Waals surface area (Å²) in [5, 5.41) is 9.79. The van der Waals surface area contributed by atoms with E-state index in [-0.39, 0.29) is 23.7 Å². The second kappa shape index (κ2) is 5.48. The molecule has 3 nitrogen and oxygen atoms in total. The van der Waals surface area contributed by atoms with Crippen LogP contribution in [0, 0.1) is 11.7 Å². The molecule has 18 heavy (non-hydrogen) atoms. The number of piperidine rings is 1. The molecular formula is C14H18FNO2. The van der Waals surface area contributed by atoms with Gasteiger partial charge in [0.05, 0.1) is 6.10 Å². The van der Waals surface area contributed by atoms with E-state index in [2.05, 4.69) is 0 Å². The molecule has 0 saturated carbocycles. The molecule has 0 bridgehead atoms. The Morgan fingerprint density at radius 2 is 2.11 bits per heavy atom. The van der Waals surface area contributed by atoms with Gasteiger partial charge in [-0.3, -0.25) is 4.79 Å².